The lowest BCUT2D eigenvalue weighted by Crippen LogP contribution is -2.30. The lowest BCUT2D eigenvalue weighted by molar-refractivity contribution is 0.0757. The third-order valence-electron chi connectivity index (χ3n) is 3.04. The van der Waals surface area contributed by atoms with Crippen molar-refractivity contribution in [2.24, 2.45) is 0 Å². The molecule has 1 aromatic carbocycles. The third kappa shape index (κ3) is 5.65. The van der Waals surface area contributed by atoms with Crippen LogP contribution < -0.4 is 9.62 Å². The van der Waals surface area contributed by atoms with Crippen molar-refractivity contribution < 1.29 is 17.9 Å². The van der Waals surface area contributed by atoms with E-state index < -0.39 is 10.0 Å². The number of anilines is 1. The molecule has 124 valence electrons. The second-order valence-electron chi connectivity index (χ2n) is 5.28. The number of benzene rings is 1. The molecule has 22 heavy (non-hydrogen) atoms. The molecule has 0 bridgehead atoms. The number of nitrogens with zero attached hydrogens (tertiary/aromatic N) is 1. The number of nitrogens with one attached hydrogen (secondary N) is 1. The van der Waals surface area contributed by atoms with Crippen LogP contribution in [0.25, 0.3) is 0 Å². The molecule has 0 heterocycles. The molecule has 6 nitrogen and oxygen atoms in total. The summed E-state index contributed by atoms with van der Waals surface area (Å²) in [6, 6.07) is 6.62. The first-order valence-corrected chi connectivity index (χ1v) is 9.01. The number of ether oxygens (including phenoxy) is 1. The van der Waals surface area contributed by atoms with Crippen LogP contribution in [0, 0.1) is 0 Å². The maximum Gasteiger partial charge on any atom is 0.253 e. The van der Waals surface area contributed by atoms with Gasteiger partial charge in [0.05, 0.1) is 23.6 Å². The first kappa shape index (κ1) is 18.4. The highest BCUT2D eigenvalue weighted by Gasteiger charge is 2.18. The van der Waals surface area contributed by atoms with Gasteiger partial charge < -0.3 is 10.1 Å². The van der Waals surface area contributed by atoms with Crippen molar-refractivity contribution in [2.75, 3.05) is 30.8 Å². The average molecular weight is 328 g/mol. The Balaban J connectivity index is 2.70. The van der Waals surface area contributed by atoms with E-state index >= 15 is 0 Å². The Kier molecular flexibility index (Phi) is 6.83. The van der Waals surface area contributed by atoms with E-state index in [0.29, 0.717) is 30.8 Å². The number of carbonyl (C=O) groups excluding carboxylic acids is 1. The highest BCUT2D eigenvalue weighted by Crippen LogP contribution is 2.21. The summed E-state index contributed by atoms with van der Waals surface area (Å²) in [6.45, 7) is 4.96. The molecule has 0 aliphatic carbocycles. The van der Waals surface area contributed by atoms with Crippen LogP contribution in [-0.2, 0) is 14.8 Å². The fourth-order valence-corrected chi connectivity index (χ4v) is 2.32. The SMILES string of the molecule is CC(C)OCCCNC(=O)c1ccccc1N(C)S(C)(=O)=O. The van der Waals surface area contributed by atoms with E-state index in [9.17, 15) is 13.2 Å². The van der Waals surface area contributed by atoms with Crippen LogP contribution in [0.15, 0.2) is 24.3 Å². The summed E-state index contributed by atoms with van der Waals surface area (Å²) in [5.41, 5.74) is 0.695. The monoisotopic (exact) mass is 328 g/mol. The van der Waals surface area contributed by atoms with Crippen LogP contribution in [0.3, 0.4) is 0 Å². The zero-order valence-corrected chi connectivity index (χ0v) is 14.3. The van der Waals surface area contributed by atoms with Crippen molar-refractivity contribution in [3.05, 3.63) is 29.8 Å². The van der Waals surface area contributed by atoms with Gasteiger partial charge in [0.2, 0.25) is 10.0 Å². The summed E-state index contributed by atoms with van der Waals surface area (Å²) < 4.78 is 29.8. The van der Waals surface area contributed by atoms with Crippen molar-refractivity contribution in [2.45, 2.75) is 26.4 Å². The number of para-hydroxylation sites is 1. The molecular weight excluding hydrogens is 304 g/mol. The molecule has 1 amide bonds. The molecule has 0 radical (unpaired) electrons. The summed E-state index contributed by atoms with van der Waals surface area (Å²) in [7, 11) is -1.99. The van der Waals surface area contributed by atoms with E-state index in [0.717, 1.165) is 10.6 Å². The highest BCUT2D eigenvalue weighted by atomic mass is 32.2. The minimum atomic E-state index is -3.42. The van der Waals surface area contributed by atoms with Gasteiger partial charge in [0, 0.05) is 20.2 Å². The standard InChI is InChI=1S/C15H24N2O4S/c1-12(2)21-11-7-10-16-15(18)13-8-5-6-9-14(13)17(3)22(4,19)20/h5-6,8-9,12H,7,10-11H2,1-4H3,(H,16,18). The predicted molar refractivity (Wildman–Crippen MR) is 87.7 cm³/mol. The largest absolute Gasteiger partial charge is 0.379 e. The van der Waals surface area contributed by atoms with E-state index in [1.165, 1.54) is 7.05 Å². The van der Waals surface area contributed by atoms with Gasteiger partial charge in [-0.25, -0.2) is 8.42 Å². The Hall–Kier alpha value is -1.60. The van der Waals surface area contributed by atoms with Crippen LogP contribution >= 0.6 is 0 Å². The van der Waals surface area contributed by atoms with Gasteiger partial charge in [-0.3, -0.25) is 9.10 Å². The summed E-state index contributed by atoms with van der Waals surface area (Å²) in [6.07, 6.45) is 1.97. The van der Waals surface area contributed by atoms with Gasteiger partial charge in [-0.2, -0.15) is 0 Å². The molecule has 0 atom stereocenters. The minimum absolute atomic E-state index is 0.167. The number of amides is 1. The fraction of sp³-hybridized carbons (Fsp3) is 0.533. The van der Waals surface area contributed by atoms with E-state index in [-0.39, 0.29) is 12.0 Å². The predicted octanol–water partition coefficient (Wildman–Crippen LogP) is 1.63. The van der Waals surface area contributed by atoms with Gasteiger partial charge in [0.1, 0.15) is 0 Å². The summed E-state index contributed by atoms with van der Waals surface area (Å²) in [5.74, 6) is -0.296. The zero-order valence-electron chi connectivity index (χ0n) is 13.5. The summed E-state index contributed by atoms with van der Waals surface area (Å²) in [4.78, 5) is 12.2. The van der Waals surface area contributed by atoms with Gasteiger partial charge >= 0.3 is 0 Å². The number of sulfonamides is 1. The molecule has 0 aliphatic rings. The van der Waals surface area contributed by atoms with Crippen LogP contribution in [0.5, 0.6) is 0 Å². The maximum atomic E-state index is 12.2. The highest BCUT2D eigenvalue weighted by molar-refractivity contribution is 7.92. The van der Waals surface area contributed by atoms with E-state index in [1.807, 2.05) is 13.8 Å². The summed E-state index contributed by atoms with van der Waals surface area (Å²) in [5, 5.41) is 2.78. The van der Waals surface area contributed by atoms with E-state index in [1.54, 1.807) is 24.3 Å². The van der Waals surface area contributed by atoms with Gasteiger partial charge in [0.25, 0.3) is 5.91 Å². The number of rotatable bonds is 8. The minimum Gasteiger partial charge on any atom is -0.379 e. The molecule has 0 aromatic heterocycles. The molecule has 0 saturated heterocycles. The number of hydrogen-bond donors (Lipinski definition) is 1. The smallest absolute Gasteiger partial charge is 0.253 e. The molecule has 0 fully saturated rings. The first-order valence-electron chi connectivity index (χ1n) is 7.16. The lowest BCUT2D eigenvalue weighted by atomic mass is 10.1. The topological polar surface area (TPSA) is 75.7 Å². The van der Waals surface area contributed by atoms with Crippen molar-refractivity contribution in [3.63, 3.8) is 0 Å². The number of carbonyl (C=O) groups is 1. The zero-order chi connectivity index (χ0) is 16.8. The van der Waals surface area contributed by atoms with Crippen molar-refractivity contribution in [1.82, 2.24) is 5.32 Å². The van der Waals surface area contributed by atoms with E-state index in [2.05, 4.69) is 5.32 Å². The van der Waals surface area contributed by atoms with Crippen molar-refractivity contribution in [1.29, 1.82) is 0 Å². The van der Waals surface area contributed by atoms with Crippen LogP contribution in [0.4, 0.5) is 5.69 Å². The Bertz CT molecular complexity index is 599. The van der Waals surface area contributed by atoms with Gasteiger partial charge in [-0.1, -0.05) is 12.1 Å². The Labute approximate surface area is 132 Å². The van der Waals surface area contributed by atoms with Gasteiger partial charge in [-0.15, -0.1) is 0 Å². The normalized spacial score (nSPS) is 11.5. The number of hydrogen-bond acceptors (Lipinski definition) is 4. The Morgan fingerprint density at radius 3 is 2.55 bits per heavy atom. The second-order valence-corrected chi connectivity index (χ2v) is 7.29. The van der Waals surface area contributed by atoms with E-state index in [4.69, 9.17) is 4.74 Å². The molecule has 1 aromatic rings. The summed E-state index contributed by atoms with van der Waals surface area (Å²) >= 11 is 0. The van der Waals surface area contributed by atoms with Crippen LogP contribution in [0.1, 0.15) is 30.6 Å². The quantitative estimate of drug-likeness (QED) is 0.736. The molecule has 0 saturated carbocycles. The average Bonchev–Trinajstić information content (AvgIpc) is 2.44. The Morgan fingerprint density at radius 2 is 1.95 bits per heavy atom. The second kappa shape index (κ2) is 8.14. The molecular formula is C15H24N2O4S. The van der Waals surface area contributed by atoms with Gasteiger partial charge in [0.15, 0.2) is 0 Å². The molecule has 0 spiro atoms. The van der Waals surface area contributed by atoms with Gasteiger partial charge in [-0.05, 0) is 32.4 Å². The molecule has 0 aliphatic heterocycles. The van der Waals surface area contributed by atoms with Crippen molar-refractivity contribution >= 4 is 21.6 Å². The Morgan fingerprint density at radius 1 is 1.32 bits per heavy atom. The first-order chi connectivity index (χ1) is 10.2. The molecule has 0 unspecified atom stereocenters. The van der Waals surface area contributed by atoms with Crippen LogP contribution in [-0.4, -0.2) is 46.9 Å². The van der Waals surface area contributed by atoms with Crippen LogP contribution in [0.2, 0.25) is 0 Å². The molecule has 1 rings (SSSR count). The maximum absolute atomic E-state index is 12.2. The third-order valence-corrected chi connectivity index (χ3v) is 4.23. The lowest BCUT2D eigenvalue weighted by Gasteiger charge is -2.19. The molecule has 1 N–H and O–H groups in total. The fourth-order valence-electron chi connectivity index (χ4n) is 1.81. The molecule has 7 heteroatoms. The van der Waals surface area contributed by atoms with Crippen molar-refractivity contribution in [3.8, 4) is 0 Å².